The van der Waals surface area contributed by atoms with E-state index >= 15 is 0 Å². The maximum absolute atomic E-state index is 13.5. The van der Waals surface area contributed by atoms with Gasteiger partial charge in [-0.2, -0.15) is 10.5 Å². The molecule has 0 heterocycles. The molecule has 0 saturated carbocycles. The molecule has 29 heavy (non-hydrogen) atoms. The van der Waals surface area contributed by atoms with E-state index in [2.05, 4.69) is 15.6 Å². The Morgan fingerprint density at radius 1 is 1.00 bits per heavy atom. The molecule has 0 radical (unpaired) electrons. The van der Waals surface area contributed by atoms with Gasteiger partial charge in [0.25, 0.3) is 0 Å². The van der Waals surface area contributed by atoms with E-state index in [1.807, 2.05) is 36.5 Å². The molecule has 0 aliphatic rings. The van der Waals surface area contributed by atoms with Crippen LogP contribution in [0.1, 0.15) is 5.56 Å². The number of benzene rings is 3. The van der Waals surface area contributed by atoms with Crippen LogP contribution in [0, 0.1) is 28.6 Å². The second kappa shape index (κ2) is 9.03. The zero-order valence-electron chi connectivity index (χ0n) is 15.5. The number of ether oxygens (including phenoxy) is 1. The Morgan fingerprint density at radius 3 is 2.45 bits per heavy atom. The summed E-state index contributed by atoms with van der Waals surface area (Å²) in [6.07, 6.45) is 1.84. The van der Waals surface area contributed by atoms with E-state index < -0.39 is 0 Å². The maximum atomic E-state index is 13.5. The molecule has 2 N–H and O–H groups in total. The summed E-state index contributed by atoms with van der Waals surface area (Å²) < 4.78 is 18.7. The predicted molar refractivity (Wildman–Crippen MR) is 109 cm³/mol. The van der Waals surface area contributed by atoms with Crippen LogP contribution in [0.25, 0.3) is 11.1 Å². The SMILES string of the molecule is COc1cc(N=C(NC#N)Nc2cccc(-c3cccc(F)c3)c2)ccc1C#N. The van der Waals surface area contributed by atoms with E-state index in [1.54, 1.807) is 30.3 Å². The summed E-state index contributed by atoms with van der Waals surface area (Å²) in [6, 6.07) is 20.5. The van der Waals surface area contributed by atoms with Crippen LogP contribution in [0.4, 0.5) is 15.8 Å². The van der Waals surface area contributed by atoms with Crippen molar-refractivity contribution in [3.05, 3.63) is 78.1 Å². The molecule has 3 rings (SSSR count). The first kappa shape index (κ1) is 19.4. The third-order valence-corrected chi connectivity index (χ3v) is 4.00. The molecule has 0 aromatic heterocycles. The second-order valence-corrected chi connectivity index (χ2v) is 5.91. The minimum Gasteiger partial charge on any atom is -0.495 e. The molecule has 0 atom stereocenters. The lowest BCUT2D eigenvalue weighted by molar-refractivity contribution is 0.413. The number of hydrogen-bond acceptors (Lipinski definition) is 4. The van der Waals surface area contributed by atoms with E-state index in [4.69, 9.17) is 15.3 Å². The van der Waals surface area contributed by atoms with Gasteiger partial charge < -0.3 is 10.1 Å². The summed E-state index contributed by atoms with van der Waals surface area (Å²) in [5.41, 5.74) is 3.08. The van der Waals surface area contributed by atoms with Crippen molar-refractivity contribution < 1.29 is 9.13 Å². The van der Waals surface area contributed by atoms with Crippen LogP contribution in [-0.2, 0) is 0 Å². The Bertz CT molecular complexity index is 1140. The number of halogens is 1. The van der Waals surface area contributed by atoms with Crippen molar-refractivity contribution >= 4 is 17.3 Å². The van der Waals surface area contributed by atoms with Gasteiger partial charge in [-0.05, 0) is 47.5 Å². The molecule has 3 aromatic carbocycles. The van der Waals surface area contributed by atoms with Crippen molar-refractivity contribution in [2.24, 2.45) is 4.99 Å². The van der Waals surface area contributed by atoms with Crippen molar-refractivity contribution in [2.45, 2.75) is 0 Å². The zero-order valence-corrected chi connectivity index (χ0v) is 15.5. The molecule has 0 spiro atoms. The molecular formula is C22H16FN5O. The van der Waals surface area contributed by atoms with Gasteiger partial charge in [0.1, 0.15) is 17.6 Å². The van der Waals surface area contributed by atoms with Crippen LogP contribution in [0.3, 0.4) is 0 Å². The van der Waals surface area contributed by atoms with Crippen LogP contribution in [0.5, 0.6) is 5.75 Å². The topological polar surface area (TPSA) is 93.2 Å². The van der Waals surface area contributed by atoms with E-state index in [0.29, 0.717) is 22.7 Å². The highest BCUT2D eigenvalue weighted by Crippen LogP contribution is 2.25. The number of hydrogen-bond donors (Lipinski definition) is 2. The first-order valence-corrected chi connectivity index (χ1v) is 8.58. The molecule has 0 aliphatic heterocycles. The zero-order chi connectivity index (χ0) is 20.6. The van der Waals surface area contributed by atoms with Gasteiger partial charge in [0.05, 0.1) is 18.4 Å². The van der Waals surface area contributed by atoms with E-state index in [0.717, 1.165) is 11.1 Å². The van der Waals surface area contributed by atoms with Crippen molar-refractivity contribution in [1.82, 2.24) is 5.32 Å². The highest BCUT2D eigenvalue weighted by molar-refractivity contribution is 5.96. The number of aliphatic imine (C=N–C) groups is 1. The number of rotatable bonds is 4. The first-order chi connectivity index (χ1) is 14.1. The number of anilines is 1. The quantitative estimate of drug-likeness (QED) is 0.298. The Hall–Kier alpha value is -4.36. The molecule has 6 nitrogen and oxygen atoms in total. The second-order valence-electron chi connectivity index (χ2n) is 5.91. The Balaban J connectivity index is 1.90. The van der Waals surface area contributed by atoms with E-state index in [-0.39, 0.29) is 11.8 Å². The van der Waals surface area contributed by atoms with E-state index in [1.165, 1.54) is 19.2 Å². The average molecular weight is 385 g/mol. The first-order valence-electron chi connectivity index (χ1n) is 8.58. The summed E-state index contributed by atoms with van der Waals surface area (Å²) in [4.78, 5) is 4.37. The van der Waals surface area contributed by atoms with Crippen molar-refractivity contribution in [3.8, 4) is 29.1 Å². The summed E-state index contributed by atoms with van der Waals surface area (Å²) in [5.74, 6) is 0.262. The minimum atomic E-state index is -0.316. The number of nitrogens with one attached hydrogen (secondary N) is 2. The molecule has 3 aromatic rings. The van der Waals surface area contributed by atoms with Crippen LogP contribution in [0.2, 0.25) is 0 Å². The smallest absolute Gasteiger partial charge is 0.214 e. The van der Waals surface area contributed by atoms with Gasteiger partial charge in [0.15, 0.2) is 6.19 Å². The fourth-order valence-electron chi connectivity index (χ4n) is 2.69. The Morgan fingerprint density at radius 2 is 1.76 bits per heavy atom. The van der Waals surface area contributed by atoms with Crippen LogP contribution in [0.15, 0.2) is 71.7 Å². The molecule has 0 aliphatic carbocycles. The Kier molecular flexibility index (Phi) is 6.04. The summed E-state index contributed by atoms with van der Waals surface area (Å²) in [6.45, 7) is 0. The maximum Gasteiger partial charge on any atom is 0.214 e. The summed E-state index contributed by atoms with van der Waals surface area (Å²) in [7, 11) is 1.47. The fraction of sp³-hybridized carbons (Fsp3) is 0.0455. The van der Waals surface area contributed by atoms with Gasteiger partial charge in [0.2, 0.25) is 5.96 Å². The lowest BCUT2D eigenvalue weighted by atomic mass is 10.1. The largest absolute Gasteiger partial charge is 0.495 e. The highest BCUT2D eigenvalue weighted by Gasteiger charge is 2.06. The third-order valence-electron chi connectivity index (χ3n) is 4.00. The molecular weight excluding hydrogens is 369 g/mol. The number of nitriles is 2. The molecule has 0 fully saturated rings. The average Bonchev–Trinajstić information content (AvgIpc) is 2.74. The van der Waals surface area contributed by atoms with Gasteiger partial charge in [-0.25, -0.2) is 9.38 Å². The standard InChI is InChI=1S/C22H16FN5O/c1-29-21-12-20(9-8-17(21)13-24)28-22(26-14-25)27-19-7-3-5-16(11-19)15-4-2-6-18(23)10-15/h2-12H,1H3,(H2,26,27,28). The van der Waals surface area contributed by atoms with Crippen molar-refractivity contribution in [1.29, 1.82) is 10.5 Å². The number of guanidine groups is 1. The van der Waals surface area contributed by atoms with Crippen molar-refractivity contribution in [3.63, 3.8) is 0 Å². The monoisotopic (exact) mass is 385 g/mol. The molecule has 0 amide bonds. The van der Waals surface area contributed by atoms with Crippen LogP contribution >= 0.6 is 0 Å². The lowest BCUT2D eigenvalue weighted by Crippen LogP contribution is -2.26. The lowest BCUT2D eigenvalue weighted by Gasteiger charge is -2.10. The van der Waals surface area contributed by atoms with Gasteiger partial charge >= 0.3 is 0 Å². The van der Waals surface area contributed by atoms with Gasteiger partial charge in [0, 0.05) is 11.8 Å². The van der Waals surface area contributed by atoms with Crippen LogP contribution in [-0.4, -0.2) is 13.1 Å². The predicted octanol–water partition coefficient (Wildman–Crippen LogP) is 4.54. The fourth-order valence-corrected chi connectivity index (χ4v) is 2.69. The number of nitrogens with zero attached hydrogens (tertiary/aromatic N) is 3. The van der Waals surface area contributed by atoms with Crippen LogP contribution < -0.4 is 15.4 Å². The van der Waals surface area contributed by atoms with Gasteiger partial charge in [-0.1, -0.05) is 24.3 Å². The normalized spacial score (nSPS) is 10.6. The summed E-state index contributed by atoms with van der Waals surface area (Å²) >= 11 is 0. The van der Waals surface area contributed by atoms with Gasteiger partial charge in [-0.15, -0.1) is 0 Å². The molecule has 7 heteroatoms. The highest BCUT2D eigenvalue weighted by atomic mass is 19.1. The molecule has 0 unspecified atom stereocenters. The summed E-state index contributed by atoms with van der Waals surface area (Å²) in [5, 5.41) is 23.7. The van der Waals surface area contributed by atoms with Crippen molar-refractivity contribution in [2.75, 3.05) is 12.4 Å². The number of methoxy groups -OCH3 is 1. The molecule has 0 saturated heterocycles. The molecule has 0 bridgehead atoms. The van der Waals surface area contributed by atoms with Gasteiger partial charge in [-0.3, -0.25) is 5.32 Å². The Labute approximate surface area is 167 Å². The minimum absolute atomic E-state index is 0.190. The van der Waals surface area contributed by atoms with E-state index in [9.17, 15) is 4.39 Å². The third kappa shape index (κ3) is 4.88. The molecule has 142 valence electrons.